The van der Waals surface area contributed by atoms with Crippen LogP contribution >= 0.6 is 0 Å². The molecule has 0 aromatic heterocycles. The normalized spacial score (nSPS) is 9.47. The maximum Gasteiger partial charge on any atom is 0.0131 e. The van der Waals surface area contributed by atoms with E-state index in [1.165, 1.54) is 32.3 Å². The average molecular weight is 208 g/mol. The monoisotopic (exact) mass is 208 g/mol. The number of fused-ring (bicyclic) bond motifs is 1. The molecular weight excluding hydrogens is 186 g/mol. The Kier molecular flexibility index (Phi) is 13.9. The topological polar surface area (TPSA) is 78.1 Å². The van der Waals surface area contributed by atoms with Crippen molar-refractivity contribution >= 4 is 6.08 Å². The lowest BCUT2D eigenvalue weighted by molar-refractivity contribution is 1.48. The molecule has 2 rings (SSSR count). The maximum atomic E-state index is 4.50. The van der Waals surface area contributed by atoms with Crippen LogP contribution < -0.4 is 17.2 Å². The molecule has 0 bridgehead atoms. The first-order chi connectivity index (χ1) is 7.47. The van der Waals surface area contributed by atoms with Crippen molar-refractivity contribution in [1.82, 2.24) is 0 Å². The highest BCUT2D eigenvalue weighted by atomic mass is 14.4. The molecule has 0 unspecified atom stereocenters. The molecule has 0 spiro atoms. The third-order valence-corrected chi connectivity index (χ3v) is 1.55. The molecule has 0 amide bonds. The van der Waals surface area contributed by atoms with Crippen LogP contribution in [0.3, 0.4) is 0 Å². The lowest BCUT2D eigenvalue weighted by Gasteiger charge is -1.92. The first kappa shape index (κ1) is 16.3. The summed E-state index contributed by atoms with van der Waals surface area (Å²) in [4.78, 5) is 0. The minimum absolute atomic E-state index is 1.33. The van der Waals surface area contributed by atoms with Crippen molar-refractivity contribution in [2.75, 3.05) is 21.1 Å². The fourth-order valence-electron chi connectivity index (χ4n) is 1.07. The van der Waals surface area contributed by atoms with Crippen LogP contribution in [0.15, 0.2) is 30.3 Å². The first-order valence-electron chi connectivity index (χ1n) is 4.80. The number of benzene rings is 1. The Bertz CT molecular complexity index is 257. The van der Waals surface area contributed by atoms with Crippen LogP contribution in [0.4, 0.5) is 0 Å². The highest BCUT2D eigenvalue weighted by Gasteiger charge is 2.00. The van der Waals surface area contributed by atoms with Gasteiger partial charge < -0.3 is 17.2 Å². The molecule has 1 aromatic carbocycles. The van der Waals surface area contributed by atoms with E-state index in [1.807, 2.05) is 0 Å². The molecule has 0 saturated heterocycles. The summed E-state index contributed by atoms with van der Waals surface area (Å²) in [6.45, 7) is 0. The summed E-state index contributed by atoms with van der Waals surface area (Å²) in [5.74, 6) is 0. The Balaban J connectivity index is 0. The van der Waals surface area contributed by atoms with Gasteiger partial charge in [0.1, 0.15) is 0 Å². The summed E-state index contributed by atoms with van der Waals surface area (Å²) in [7, 11) is 4.50. The van der Waals surface area contributed by atoms with Gasteiger partial charge in [-0.2, -0.15) is 0 Å². The molecule has 0 fully saturated rings. The van der Waals surface area contributed by atoms with Gasteiger partial charge in [0.25, 0.3) is 0 Å². The molecule has 3 nitrogen and oxygen atoms in total. The number of hydrogen-bond donors (Lipinski definition) is 3. The number of allylic oxidation sites excluding steroid dienone is 1. The van der Waals surface area contributed by atoms with Gasteiger partial charge in [-0.3, -0.25) is 0 Å². The Labute approximate surface area is 93.0 Å². The van der Waals surface area contributed by atoms with Crippen LogP contribution in [-0.4, -0.2) is 21.1 Å². The van der Waals surface area contributed by atoms with Gasteiger partial charge in [-0.15, -0.1) is 0 Å². The van der Waals surface area contributed by atoms with Crippen molar-refractivity contribution in [2.24, 2.45) is 17.2 Å². The van der Waals surface area contributed by atoms with Gasteiger partial charge in [-0.05, 0) is 32.3 Å². The van der Waals surface area contributed by atoms with Gasteiger partial charge in [-0.25, -0.2) is 0 Å². The van der Waals surface area contributed by atoms with Gasteiger partial charge in [0.15, 0.2) is 0 Å². The second kappa shape index (κ2) is 12.8. The predicted molar refractivity (Wildman–Crippen MR) is 69.2 cm³/mol. The molecule has 0 aliphatic heterocycles. The third kappa shape index (κ3) is 6.01. The smallest absolute Gasteiger partial charge is 0.0131 e. The Hall–Kier alpha value is -1.16. The zero-order valence-corrected chi connectivity index (χ0v) is 9.77. The quantitative estimate of drug-likeness (QED) is 0.595. The van der Waals surface area contributed by atoms with Crippen LogP contribution in [0.1, 0.15) is 11.1 Å². The number of rotatable bonds is 0. The van der Waals surface area contributed by atoms with Crippen molar-refractivity contribution in [3.8, 4) is 0 Å². The van der Waals surface area contributed by atoms with E-state index in [-0.39, 0.29) is 0 Å². The fraction of sp³-hybridized carbons (Fsp3) is 0.250. The van der Waals surface area contributed by atoms with Crippen LogP contribution in [-0.2, 0) is 0 Å². The SMILES string of the molecule is CN.CN.CN.[CH]1C=Cc2ccccc21. The van der Waals surface area contributed by atoms with E-state index < -0.39 is 0 Å². The zero-order valence-electron chi connectivity index (χ0n) is 9.77. The van der Waals surface area contributed by atoms with E-state index in [2.05, 4.69) is 60.0 Å². The summed E-state index contributed by atoms with van der Waals surface area (Å²) in [6, 6.07) is 8.36. The predicted octanol–water partition coefficient (Wildman–Crippen LogP) is 0.990. The molecular formula is C12H22N3. The Morgan fingerprint density at radius 1 is 0.733 bits per heavy atom. The molecule has 0 heterocycles. The van der Waals surface area contributed by atoms with Crippen molar-refractivity contribution in [3.05, 3.63) is 47.9 Å². The molecule has 1 aliphatic rings. The van der Waals surface area contributed by atoms with E-state index in [1.54, 1.807) is 0 Å². The summed E-state index contributed by atoms with van der Waals surface area (Å²) in [5.41, 5.74) is 16.2. The number of nitrogens with two attached hydrogens (primary N) is 3. The van der Waals surface area contributed by atoms with Gasteiger partial charge >= 0.3 is 0 Å². The molecule has 85 valence electrons. The average Bonchev–Trinajstić information content (AvgIpc) is 2.85. The van der Waals surface area contributed by atoms with Crippen LogP contribution in [0.5, 0.6) is 0 Å². The minimum Gasteiger partial charge on any atom is -0.333 e. The minimum atomic E-state index is 1.33. The summed E-state index contributed by atoms with van der Waals surface area (Å²) in [6.07, 6.45) is 6.31. The highest BCUT2D eigenvalue weighted by molar-refractivity contribution is 5.64. The lowest BCUT2D eigenvalue weighted by atomic mass is 10.1. The van der Waals surface area contributed by atoms with Crippen LogP contribution in [0.25, 0.3) is 6.08 Å². The maximum absolute atomic E-state index is 4.50. The summed E-state index contributed by atoms with van der Waals surface area (Å²) < 4.78 is 0. The van der Waals surface area contributed by atoms with E-state index in [0.717, 1.165) is 0 Å². The Morgan fingerprint density at radius 2 is 1.20 bits per heavy atom. The molecule has 1 aliphatic carbocycles. The fourth-order valence-corrected chi connectivity index (χ4v) is 1.07. The molecule has 0 atom stereocenters. The second-order valence-corrected chi connectivity index (χ2v) is 2.15. The van der Waals surface area contributed by atoms with E-state index >= 15 is 0 Å². The van der Waals surface area contributed by atoms with Crippen molar-refractivity contribution in [1.29, 1.82) is 0 Å². The van der Waals surface area contributed by atoms with Gasteiger partial charge in [-0.1, -0.05) is 36.4 Å². The second-order valence-electron chi connectivity index (χ2n) is 2.15. The summed E-state index contributed by atoms with van der Waals surface area (Å²) >= 11 is 0. The summed E-state index contributed by atoms with van der Waals surface area (Å²) in [5, 5.41) is 0. The molecule has 6 N–H and O–H groups in total. The van der Waals surface area contributed by atoms with Crippen molar-refractivity contribution in [2.45, 2.75) is 0 Å². The van der Waals surface area contributed by atoms with Gasteiger partial charge in [0, 0.05) is 6.42 Å². The van der Waals surface area contributed by atoms with Crippen LogP contribution in [0.2, 0.25) is 0 Å². The number of hydrogen-bond acceptors (Lipinski definition) is 3. The molecule has 15 heavy (non-hydrogen) atoms. The molecule has 1 aromatic rings. The standard InChI is InChI=1S/C9H7.3CH5N/c1-2-5-9-7-3-6-8(9)4-1;3*1-2/h1-7H;3*2H2,1H3. The van der Waals surface area contributed by atoms with Gasteiger partial charge in [0.2, 0.25) is 0 Å². The lowest BCUT2D eigenvalue weighted by Crippen LogP contribution is -1.74. The largest absolute Gasteiger partial charge is 0.333 e. The van der Waals surface area contributed by atoms with Gasteiger partial charge in [0.05, 0.1) is 0 Å². The molecule has 0 saturated carbocycles. The van der Waals surface area contributed by atoms with Crippen molar-refractivity contribution < 1.29 is 0 Å². The van der Waals surface area contributed by atoms with E-state index in [9.17, 15) is 0 Å². The van der Waals surface area contributed by atoms with E-state index in [4.69, 9.17) is 0 Å². The Morgan fingerprint density at radius 3 is 1.67 bits per heavy atom. The highest BCUT2D eigenvalue weighted by Crippen LogP contribution is 2.19. The molecule has 3 heteroatoms. The van der Waals surface area contributed by atoms with Crippen molar-refractivity contribution in [3.63, 3.8) is 0 Å². The first-order valence-corrected chi connectivity index (χ1v) is 4.80. The van der Waals surface area contributed by atoms with Crippen LogP contribution in [0, 0.1) is 6.42 Å². The molecule has 1 radical (unpaired) electrons. The van der Waals surface area contributed by atoms with E-state index in [0.29, 0.717) is 0 Å². The zero-order chi connectivity index (χ0) is 12.1. The third-order valence-electron chi connectivity index (χ3n) is 1.55.